The summed E-state index contributed by atoms with van der Waals surface area (Å²) in [4.78, 5) is 31.7. The molecule has 28 heavy (non-hydrogen) atoms. The Kier molecular flexibility index (Phi) is 8.94. The van der Waals surface area contributed by atoms with Crippen molar-refractivity contribution in [1.82, 2.24) is 5.32 Å². The Morgan fingerprint density at radius 2 is 1.36 bits per heavy atom. The van der Waals surface area contributed by atoms with Gasteiger partial charge in [0, 0.05) is 5.92 Å². The highest BCUT2D eigenvalue weighted by Crippen LogP contribution is 2.44. The van der Waals surface area contributed by atoms with Gasteiger partial charge in [0.2, 0.25) is 11.8 Å². The van der Waals surface area contributed by atoms with Crippen molar-refractivity contribution < 1.29 is 19.1 Å². The molecule has 0 saturated carbocycles. The fourth-order valence-corrected chi connectivity index (χ4v) is 2.81. The number of alkyl carbamates (subject to hydrolysis) is 1. The van der Waals surface area contributed by atoms with Gasteiger partial charge in [0.15, 0.2) is 0 Å². The van der Waals surface area contributed by atoms with E-state index >= 15 is 0 Å². The third-order valence-corrected chi connectivity index (χ3v) is 3.95. The minimum absolute atomic E-state index is 0. The average molecular weight is 407 g/mol. The normalized spacial score (nSPS) is 11.0. The van der Waals surface area contributed by atoms with Crippen LogP contribution in [0, 0.1) is 0 Å². The molecule has 0 unspecified atom stereocenters. The zero-order valence-electron chi connectivity index (χ0n) is 15.1. The predicted octanol–water partition coefficient (Wildman–Crippen LogP) is 0.863. The Hall–Kier alpha value is -3.10. The molecule has 0 saturated heterocycles. The highest BCUT2D eigenvalue weighted by Gasteiger charge is 2.28. The van der Waals surface area contributed by atoms with E-state index < -0.39 is 17.9 Å². The third-order valence-electron chi connectivity index (χ3n) is 3.95. The van der Waals surface area contributed by atoms with E-state index in [1.165, 1.54) is 11.1 Å². The van der Waals surface area contributed by atoms with Gasteiger partial charge in [-0.25, -0.2) is 4.79 Å². The molecule has 0 aromatic heterocycles. The van der Waals surface area contributed by atoms with Crippen molar-refractivity contribution in [3.8, 4) is 11.1 Å². The Bertz CT molecular complexity index is 799. The molecule has 0 bridgehead atoms. The Labute approximate surface area is 168 Å². The smallest absolute Gasteiger partial charge is 0.407 e. The predicted molar refractivity (Wildman–Crippen MR) is 108 cm³/mol. The summed E-state index contributed by atoms with van der Waals surface area (Å²) in [7, 11) is 0. The molecule has 1 aliphatic carbocycles. The van der Waals surface area contributed by atoms with E-state index in [0.717, 1.165) is 11.1 Å². The molecule has 8 nitrogen and oxygen atoms in total. The van der Waals surface area contributed by atoms with Crippen LogP contribution in [-0.2, 0) is 14.3 Å². The lowest BCUT2D eigenvalue weighted by Gasteiger charge is -2.14. The summed E-state index contributed by atoms with van der Waals surface area (Å²) >= 11 is 0. The van der Waals surface area contributed by atoms with E-state index in [2.05, 4.69) is 23.2 Å². The number of hydrogen-bond acceptors (Lipinski definition) is 5. The Balaban J connectivity index is 0.000000584. The minimum Gasteiger partial charge on any atom is -0.449 e. The molecule has 1 aliphatic rings. The third kappa shape index (κ3) is 5.97. The zero-order valence-corrected chi connectivity index (χ0v) is 15.9. The number of amides is 3. The van der Waals surface area contributed by atoms with E-state index in [4.69, 9.17) is 16.2 Å². The van der Waals surface area contributed by atoms with Crippen LogP contribution in [0.3, 0.4) is 0 Å². The summed E-state index contributed by atoms with van der Waals surface area (Å²) in [6.07, 6.45) is -0.638. The minimum atomic E-state index is -0.638. The Morgan fingerprint density at radius 1 is 0.893 bits per heavy atom. The average Bonchev–Trinajstić information content (AvgIpc) is 2.99. The van der Waals surface area contributed by atoms with Crippen molar-refractivity contribution in [3.05, 3.63) is 59.7 Å². The first kappa shape index (κ1) is 22.9. The van der Waals surface area contributed by atoms with E-state index in [1.807, 2.05) is 36.4 Å². The van der Waals surface area contributed by atoms with E-state index in [1.54, 1.807) is 0 Å². The van der Waals surface area contributed by atoms with Crippen LogP contribution in [0.1, 0.15) is 17.0 Å². The molecule has 0 atom stereocenters. The topological polar surface area (TPSA) is 151 Å². The molecular weight excluding hydrogens is 384 g/mol. The summed E-state index contributed by atoms with van der Waals surface area (Å²) in [6, 6.07) is 16.2. The number of nitrogens with one attached hydrogen (secondary N) is 1. The Morgan fingerprint density at radius 3 is 1.79 bits per heavy atom. The van der Waals surface area contributed by atoms with Crippen LogP contribution in [0.5, 0.6) is 0 Å². The SMILES string of the molecule is Cl.NC(=O)CNC(=O)OCC1c2ccccc2-c2ccccc21.NCC(N)=O. The molecule has 2 aromatic carbocycles. The van der Waals surface area contributed by atoms with Gasteiger partial charge in [-0.1, -0.05) is 48.5 Å². The van der Waals surface area contributed by atoms with Crippen molar-refractivity contribution >= 4 is 30.3 Å². The number of benzene rings is 2. The van der Waals surface area contributed by atoms with Crippen LogP contribution in [0.25, 0.3) is 11.1 Å². The second-order valence-corrected chi connectivity index (χ2v) is 5.82. The second-order valence-electron chi connectivity index (χ2n) is 5.82. The van der Waals surface area contributed by atoms with Crippen LogP contribution in [0.15, 0.2) is 48.5 Å². The highest BCUT2D eigenvalue weighted by atomic mass is 35.5. The maximum atomic E-state index is 11.6. The van der Waals surface area contributed by atoms with Gasteiger partial charge in [-0.2, -0.15) is 0 Å². The zero-order chi connectivity index (χ0) is 19.8. The maximum Gasteiger partial charge on any atom is 0.407 e. The lowest BCUT2D eigenvalue weighted by Crippen LogP contribution is -2.34. The maximum absolute atomic E-state index is 11.6. The van der Waals surface area contributed by atoms with Gasteiger partial charge in [0.05, 0.1) is 13.1 Å². The van der Waals surface area contributed by atoms with Crippen LogP contribution < -0.4 is 22.5 Å². The molecular formula is C19H23ClN4O4. The summed E-state index contributed by atoms with van der Waals surface area (Å²) in [6.45, 7) is -0.0602. The van der Waals surface area contributed by atoms with Crippen molar-refractivity contribution in [3.63, 3.8) is 0 Å². The van der Waals surface area contributed by atoms with E-state index in [-0.39, 0.29) is 38.0 Å². The standard InChI is InChI=1S/C17H16N2O3.C2H6N2O.ClH/c18-16(20)9-19-17(21)22-10-15-13-7-3-1-5-11(13)12-6-2-4-8-14(12)15;3-1-2(4)5;/h1-8,15H,9-10H2,(H2,18,20)(H,19,21);1,3H2,(H2,4,5);1H. The monoisotopic (exact) mass is 406 g/mol. The van der Waals surface area contributed by atoms with Gasteiger partial charge in [0.1, 0.15) is 6.61 Å². The number of hydrogen-bond donors (Lipinski definition) is 4. The van der Waals surface area contributed by atoms with Crippen LogP contribution >= 0.6 is 12.4 Å². The fraction of sp³-hybridized carbons (Fsp3) is 0.211. The number of carbonyl (C=O) groups is 3. The number of fused-ring (bicyclic) bond motifs is 3. The summed E-state index contributed by atoms with van der Waals surface area (Å²) in [5.41, 5.74) is 18.8. The van der Waals surface area contributed by atoms with Crippen molar-refractivity contribution in [1.29, 1.82) is 0 Å². The van der Waals surface area contributed by atoms with Crippen LogP contribution in [-0.4, -0.2) is 37.6 Å². The number of ether oxygens (including phenoxy) is 1. The number of nitrogens with two attached hydrogens (primary N) is 3. The van der Waals surface area contributed by atoms with Gasteiger partial charge in [-0.05, 0) is 22.3 Å². The first-order valence-electron chi connectivity index (χ1n) is 8.29. The lowest BCUT2D eigenvalue weighted by molar-refractivity contribution is -0.117. The van der Waals surface area contributed by atoms with E-state index in [9.17, 15) is 14.4 Å². The van der Waals surface area contributed by atoms with Gasteiger partial charge in [0.25, 0.3) is 0 Å². The van der Waals surface area contributed by atoms with Gasteiger partial charge in [-0.3, -0.25) is 9.59 Å². The number of halogens is 1. The number of rotatable bonds is 5. The molecule has 2 aromatic rings. The quantitative estimate of drug-likeness (QED) is 0.580. The largest absolute Gasteiger partial charge is 0.449 e. The highest BCUT2D eigenvalue weighted by molar-refractivity contribution is 5.85. The first-order chi connectivity index (χ1) is 12.9. The van der Waals surface area contributed by atoms with Gasteiger partial charge in [-0.15, -0.1) is 12.4 Å². The van der Waals surface area contributed by atoms with Gasteiger partial charge < -0.3 is 27.3 Å². The molecule has 3 amide bonds. The van der Waals surface area contributed by atoms with Crippen molar-refractivity contribution in [2.75, 3.05) is 19.7 Å². The molecule has 9 heteroatoms. The molecule has 7 N–H and O–H groups in total. The summed E-state index contributed by atoms with van der Waals surface area (Å²) in [5.74, 6) is -1.06. The van der Waals surface area contributed by atoms with Crippen LogP contribution in [0.2, 0.25) is 0 Å². The number of carbonyl (C=O) groups excluding carboxylic acids is 3. The van der Waals surface area contributed by atoms with Gasteiger partial charge >= 0.3 is 6.09 Å². The second kappa shape index (κ2) is 10.9. The molecule has 0 fully saturated rings. The summed E-state index contributed by atoms with van der Waals surface area (Å²) < 4.78 is 5.23. The first-order valence-corrected chi connectivity index (χ1v) is 8.29. The van der Waals surface area contributed by atoms with Crippen LogP contribution in [0.4, 0.5) is 4.79 Å². The molecule has 3 rings (SSSR count). The number of primary amides is 2. The van der Waals surface area contributed by atoms with Crippen molar-refractivity contribution in [2.24, 2.45) is 17.2 Å². The molecule has 0 heterocycles. The summed E-state index contributed by atoms with van der Waals surface area (Å²) in [5, 5.41) is 2.32. The lowest BCUT2D eigenvalue weighted by atomic mass is 9.98. The van der Waals surface area contributed by atoms with Crippen molar-refractivity contribution in [2.45, 2.75) is 5.92 Å². The molecule has 0 aliphatic heterocycles. The molecule has 150 valence electrons. The fourth-order valence-electron chi connectivity index (χ4n) is 2.81. The van der Waals surface area contributed by atoms with E-state index in [0.29, 0.717) is 0 Å². The molecule has 0 radical (unpaired) electrons. The molecule has 0 spiro atoms.